The van der Waals surface area contributed by atoms with Gasteiger partial charge in [0.1, 0.15) is 0 Å². The predicted molar refractivity (Wildman–Crippen MR) is 135 cm³/mol. The van der Waals surface area contributed by atoms with Crippen LogP contribution in [0.5, 0.6) is 0 Å². The maximum absolute atomic E-state index is 13.3. The Bertz CT molecular complexity index is 1340. The third-order valence-electron chi connectivity index (χ3n) is 7.06. The Morgan fingerprint density at radius 3 is 2.64 bits per heavy atom. The molecule has 5 heteroatoms. The summed E-state index contributed by atoms with van der Waals surface area (Å²) in [6.45, 7) is 6.32. The molecule has 5 rings (SSSR count). The summed E-state index contributed by atoms with van der Waals surface area (Å²) in [5, 5.41) is 3.74. The van der Waals surface area contributed by atoms with Gasteiger partial charge in [0.15, 0.2) is 0 Å². The first-order valence-corrected chi connectivity index (χ1v) is 13.1. The van der Waals surface area contributed by atoms with E-state index in [9.17, 15) is 8.42 Å². The van der Waals surface area contributed by atoms with Crippen molar-refractivity contribution in [2.24, 2.45) is 5.92 Å². The summed E-state index contributed by atoms with van der Waals surface area (Å²) in [5.41, 5.74) is 7.56. The summed E-state index contributed by atoms with van der Waals surface area (Å²) in [6, 6.07) is 19.9. The van der Waals surface area contributed by atoms with Crippen LogP contribution >= 0.6 is 0 Å². The van der Waals surface area contributed by atoms with Crippen LogP contribution in [0.4, 0.5) is 11.4 Å². The van der Waals surface area contributed by atoms with E-state index >= 15 is 0 Å². The van der Waals surface area contributed by atoms with Gasteiger partial charge in [-0.25, -0.2) is 8.42 Å². The molecule has 0 amide bonds. The lowest BCUT2D eigenvalue weighted by molar-refractivity contribution is 0.424. The topological polar surface area (TPSA) is 58.2 Å². The van der Waals surface area contributed by atoms with E-state index in [2.05, 4.69) is 54.2 Å². The number of anilines is 2. The van der Waals surface area contributed by atoms with Gasteiger partial charge in [0.2, 0.25) is 0 Å². The maximum Gasteiger partial charge on any atom is 0.261 e. The lowest BCUT2D eigenvalue weighted by atomic mass is 9.76. The molecular formula is C28H30N2O2S. The van der Waals surface area contributed by atoms with Crippen molar-refractivity contribution in [2.45, 2.75) is 50.5 Å². The molecule has 3 aromatic carbocycles. The second-order valence-corrected chi connectivity index (χ2v) is 10.9. The molecule has 0 saturated heterocycles. The van der Waals surface area contributed by atoms with E-state index < -0.39 is 10.0 Å². The molecule has 0 saturated carbocycles. The highest BCUT2D eigenvalue weighted by Crippen LogP contribution is 2.50. The maximum atomic E-state index is 13.3. The minimum atomic E-state index is -3.69. The van der Waals surface area contributed by atoms with Gasteiger partial charge >= 0.3 is 0 Å². The molecule has 1 aliphatic carbocycles. The summed E-state index contributed by atoms with van der Waals surface area (Å²) in [7, 11) is -3.69. The standard InChI is InChI=1S/C28H30N2O2S/c1-4-20-8-5-6-11-26(20)30-33(31,32)21-14-15-27-25(17-21)22-9-7-10-23(22)28(29-27)24-16-18(2)12-13-19(24)3/h5-9,11-17,22-23,28-30H,4,10H2,1-3H3/t22-,23+,28-/m0/s1. The van der Waals surface area contributed by atoms with E-state index in [0.717, 1.165) is 29.7 Å². The molecule has 2 aliphatic rings. The molecule has 0 spiro atoms. The molecule has 3 atom stereocenters. The summed E-state index contributed by atoms with van der Waals surface area (Å²) in [6.07, 6.45) is 6.23. The highest BCUT2D eigenvalue weighted by molar-refractivity contribution is 7.92. The Morgan fingerprint density at radius 1 is 1.00 bits per heavy atom. The number of sulfonamides is 1. The zero-order valence-corrected chi connectivity index (χ0v) is 20.1. The summed E-state index contributed by atoms with van der Waals surface area (Å²) >= 11 is 0. The Hall–Kier alpha value is -3.05. The van der Waals surface area contributed by atoms with Crippen molar-refractivity contribution in [1.29, 1.82) is 0 Å². The number of rotatable bonds is 5. The SMILES string of the molecule is CCc1ccccc1NS(=O)(=O)c1ccc2c(c1)[C@H]1C=CC[C@H]1[C@@H](c1cc(C)ccc1C)N2. The first-order chi connectivity index (χ1) is 15.9. The minimum absolute atomic E-state index is 0.198. The number of hydrogen-bond donors (Lipinski definition) is 2. The van der Waals surface area contributed by atoms with E-state index in [0.29, 0.717) is 16.5 Å². The van der Waals surface area contributed by atoms with Crippen LogP contribution < -0.4 is 10.0 Å². The third kappa shape index (κ3) is 3.95. The van der Waals surface area contributed by atoms with Crippen LogP contribution in [0, 0.1) is 19.8 Å². The van der Waals surface area contributed by atoms with Gasteiger partial charge in [-0.1, -0.05) is 61.0 Å². The van der Waals surface area contributed by atoms with Gasteiger partial charge in [0.25, 0.3) is 10.0 Å². The van der Waals surface area contributed by atoms with Crippen LogP contribution in [0.25, 0.3) is 0 Å². The number of aryl methyl sites for hydroxylation is 3. The second-order valence-electron chi connectivity index (χ2n) is 9.20. The van der Waals surface area contributed by atoms with Crippen LogP contribution in [0.3, 0.4) is 0 Å². The molecule has 0 aromatic heterocycles. The molecule has 1 aliphatic heterocycles. The number of benzene rings is 3. The monoisotopic (exact) mass is 458 g/mol. The number of hydrogen-bond acceptors (Lipinski definition) is 3. The van der Waals surface area contributed by atoms with Crippen molar-refractivity contribution in [3.8, 4) is 0 Å². The normalized spacial score (nSPS) is 21.2. The lowest BCUT2D eigenvalue weighted by Crippen LogP contribution is -2.30. The Morgan fingerprint density at radius 2 is 1.82 bits per heavy atom. The van der Waals surface area contributed by atoms with Gasteiger partial charge < -0.3 is 5.32 Å². The van der Waals surface area contributed by atoms with E-state index in [1.165, 1.54) is 16.7 Å². The quantitative estimate of drug-likeness (QED) is 0.430. The molecule has 0 fully saturated rings. The zero-order valence-electron chi connectivity index (χ0n) is 19.3. The van der Waals surface area contributed by atoms with Crippen LogP contribution in [0.2, 0.25) is 0 Å². The first kappa shape index (κ1) is 21.8. The van der Waals surface area contributed by atoms with Crippen molar-refractivity contribution in [3.63, 3.8) is 0 Å². The summed E-state index contributed by atoms with van der Waals surface area (Å²) in [4.78, 5) is 0.304. The van der Waals surface area contributed by atoms with Crippen LogP contribution in [-0.4, -0.2) is 8.42 Å². The molecule has 170 valence electrons. The highest BCUT2D eigenvalue weighted by atomic mass is 32.2. The van der Waals surface area contributed by atoms with E-state index in [1.807, 2.05) is 43.3 Å². The van der Waals surface area contributed by atoms with Gasteiger partial charge in [-0.3, -0.25) is 4.72 Å². The molecule has 1 heterocycles. The van der Waals surface area contributed by atoms with Gasteiger partial charge in [0, 0.05) is 11.6 Å². The number of para-hydroxylation sites is 1. The zero-order chi connectivity index (χ0) is 23.2. The highest BCUT2D eigenvalue weighted by Gasteiger charge is 2.39. The first-order valence-electron chi connectivity index (χ1n) is 11.6. The van der Waals surface area contributed by atoms with Crippen LogP contribution in [0.1, 0.15) is 53.1 Å². The summed E-state index contributed by atoms with van der Waals surface area (Å²) < 4.78 is 29.3. The van der Waals surface area contributed by atoms with Crippen molar-refractivity contribution < 1.29 is 8.42 Å². The van der Waals surface area contributed by atoms with Gasteiger partial charge in [-0.2, -0.15) is 0 Å². The fourth-order valence-electron chi connectivity index (χ4n) is 5.27. The third-order valence-corrected chi connectivity index (χ3v) is 8.42. The van der Waals surface area contributed by atoms with Crippen molar-refractivity contribution in [2.75, 3.05) is 10.0 Å². The van der Waals surface area contributed by atoms with Crippen molar-refractivity contribution >= 4 is 21.4 Å². The van der Waals surface area contributed by atoms with Gasteiger partial charge in [-0.15, -0.1) is 0 Å². The smallest absolute Gasteiger partial charge is 0.261 e. The number of allylic oxidation sites excluding steroid dienone is 2. The molecule has 0 unspecified atom stereocenters. The number of nitrogens with one attached hydrogen (secondary N) is 2. The second kappa shape index (κ2) is 8.38. The van der Waals surface area contributed by atoms with E-state index in [4.69, 9.17) is 0 Å². The molecular weight excluding hydrogens is 428 g/mol. The van der Waals surface area contributed by atoms with E-state index in [1.54, 1.807) is 6.07 Å². The largest absolute Gasteiger partial charge is 0.378 e. The average molecular weight is 459 g/mol. The van der Waals surface area contributed by atoms with Crippen molar-refractivity contribution in [3.05, 3.63) is 101 Å². The molecule has 2 N–H and O–H groups in total. The molecule has 33 heavy (non-hydrogen) atoms. The van der Waals surface area contributed by atoms with Crippen molar-refractivity contribution in [1.82, 2.24) is 0 Å². The average Bonchev–Trinajstić information content (AvgIpc) is 3.30. The molecule has 4 nitrogen and oxygen atoms in total. The molecule has 0 bridgehead atoms. The Kier molecular flexibility index (Phi) is 5.53. The predicted octanol–water partition coefficient (Wildman–Crippen LogP) is 6.49. The Labute approximate surface area is 196 Å². The van der Waals surface area contributed by atoms with Crippen LogP contribution in [0.15, 0.2) is 77.7 Å². The fraction of sp³-hybridized carbons (Fsp3) is 0.286. The molecule has 0 radical (unpaired) electrons. The van der Waals surface area contributed by atoms with Gasteiger partial charge in [-0.05, 0) is 79.1 Å². The fourth-order valence-corrected chi connectivity index (χ4v) is 6.41. The lowest BCUT2D eigenvalue weighted by Gasteiger charge is -2.38. The number of fused-ring (bicyclic) bond motifs is 3. The summed E-state index contributed by atoms with van der Waals surface area (Å²) in [5.74, 6) is 0.564. The van der Waals surface area contributed by atoms with Crippen LogP contribution in [-0.2, 0) is 16.4 Å². The van der Waals surface area contributed by atoms with Gasteiger partial charge in [0.05, 0.1) is 16.6 Å². The minimum Gasteiger partial charge on any atom is -0.378 e. The van der Waals surface area contributed by atoms with E-state index in [-0.39, 0.29) is 12.0 Å². The molecule has 3 aromatic rings. The Balaban J connectivity index is 1.51.